The van der Waals surface area contributed by atoms with E-state index in [1.165, 1.54) is 4.68 Å². The monoisotopic (exact) mass is 553 g/mol. The first-order valence-electron chi connectivity index (χ1n) is 9.75. The molecule has 5 nitrogen and oxygen atoms in total. The normalized spacial score (nSPS) is 12.6. The highest BCUT2D eigenvalue weighted by Gasteiger charge is 2.13. The summed E-state index contributed by atoms with van der Waals surface area (Å²) in [6.07, 6.45) is 4.03. The van der Waals surface area contributed by atoms with Crippen LogP contribution in [0.4, 0.5) is 0 Å². The molecular formula is C22H22Br2ClN3O2. The molecule has 1 aromatic heterocycles. The summed E-state index contributed by atoms with van der Waals surface area (Å²) < 4.78 is 8.80. The molecule has 0 N–H and O–H groups in total. The standard InChI is InChI=1S/C22H22Br2ClN3O2/c1-4-6-20-27-19-8-7-15(23)11-16(19)22(29)28(20)26-12-14-9-17(24)21(18(25)10-14)30-13(3)5-2/h7-13H,4-6H2,1-3H3/t13-/m1/s1. The number of hydrogen-bond acceptors (Lipinski definition) is 4. The lowest BCUT2D eigenvalue weighted by Crippen LogP contribution is -2.22. The third kappa shape index (κ3) is 5.13. The van der Waals surface area contributed by atoms with Crippen LogP contribution in [0, 0.1) is 0 Å². The van der Waals surface area contributed by atoms with Crippen LogP contribution in [0.15, 0.2) is 49.2 Å². The zero-order valence-electron chi connectivity index (χ0n) is 17.0. The Morgan fingerprint density at radius 1 is 1.27 bits per heavy atom. The van der Waals surface area contributed by atoms with Crippen LogP contribution in [0.25, 0.3) is 10.9 Å². The quantitative estimate of drug-likeness (QED) is 0.309. The van der Waals surface area contributed by atoms with Crippen LogP contribution in [0.2, 0.25) is 5.02 Å². The lowest BCUT2D eigenvalue weighted by Gasteiger charge is -2.16. The first kappa shape index (κ1) is 23.0. The van der Waals surface area contributed by atoms with Gasteiger partial charge in [-0.1, -0.05) is 41.4 Å². The molecule has 0 aliphatic rings. The lowest BCUT2D eigenvalue weighted by molar-refractivity contribution is 0.216. The summed E-state index contributed by atoms with van der Waals surface area (Å²) in [5.41, 5.74) is 1.20. The minimum absolute atomic E-state index is 0.0523. The van der Waals surface area contributed by atoms with Crippen LogP contribution < -0.4 is 10.3 Å². The Kier molecular flexibility index (Phi) is 7.71. The first-order valence-corrected chi connectivity index (χ1v) is 11.7. The summed E-state index contributed by atoms with van der Waals surface area (Å²) in [6, 6.07) is 9.11. The Bertz CT molecular complexity index is 1140. The third-order valence-electron chi connectivity index (χ3n) is 4.59. The second kappa shape index (κ2) is 10.1. The van der Waals surface area contributed by atoms with Crippen molar-refractivity contribution in [2.45, 2.75) is 46.1 Å². The van der Waals surface area contributed by atoms with E-state index in [1.54, 1.807) is 18.3 Å². The molecule has 0 aliphatic heterocycles. The van der Waals surface area contributed by atoms with Crippen LogP contribution in [-0.2, 0) is 6.42 Å². The number of nitrogens with zero attached hydrogens (tertiary/aromatic N) is 3. The van der Waals surface area contributed by atoms with Gasteiger partial charge in [-0.3, -0.25) is 4.79 Å². The van der Waals surface area contributed by atoms with Crippen molar-refractivity contribution >= 4 is 60.6 Å². The molecule has 0 bridgehead atoms. The molecule has 8 heteroatoms. The number of aromatic nitrogens is 2. The number of rotatable bonds is 7. The van der Waals surface area contributed by atoms with E-state index in [1.807, 2.05) is 32.0 Å². The highest BCUT2D eigenvalue weighted by molar-refractivity contribution is 9.10. The summed E-state index contributed by atoms with van der Waals surface area (Å²) in [5.74, 6) is 1.22. The van der Waals surface area contributed by atoms with Gasteiger partial charge in [0.2, 0.25) is 0 Å². The van der Waals surface area contributed by atoms with Crippen LogP contribution in [0.5, 0.6) is 5.75 Å². The number of halogens is 3. The van der Waals surface area contributed by atoms with Gasteiger partial charge in [0, 0.05) is 10.9 Å². The molecule has 1 atom stereocenters. The van der Waals surface area contributed by atoms with Crippen molar-refractivity contribution in [2.75, 3.05) is 0 Å². The molecule has 3 aromatic rings. The molecule has 0 saturated carbocycles. The Labute approximate surface area is 197 Å². The van der Waals surface area contributed by atoms with E-state index in [4.69, 9.17) is 16.3 Å². The smallest absolute Gasteiger partial charge is 0.282 e. The second-order valence-corrected chi connectivity index (χ2v) is 9.13. The third-order valence-corrected chi connectivity index (χ3v) is 5.95. The van der Waals surface area contributed by atoms with Gasteiger partial charge in [-0.05, 0) is 71.6 Å². The molecule has 0 unspecified atom stereocenters. The van der Waals surface area contributed by atoms with Crippen molar-refractivity contribution < 1.29 is 4.74 Å². The van der Waals surface area contributed by atoms with Gasteiger partial charge in [-0.2, -0.15) is 9.78 Å². The van der Waals surface area contributed by atoms with Gasteiger partial charge in [0.25, 0.3) is 5.56 Å². The largest absolute Gasteiger partial charge is 0.488 e. The molecular weight excluding hydrogens is 534 g/mol. The first-order chi connectivity index (χ1) is 14.3. The molecule has 0 amide bonds. The zero-order chi connectivity index (χ0) is 21.8. The second-order valence-electron chi connectivity index (χ2n) is 6.95. The molecule has 3 rings (SSSR count). The van der Waals surface area contributed by atoms with Crippen molar-refractivity contribution in [3.63, 3.8) is 0 Å². The van der Waals surface area contributed by atoms with Crippen molar-refractivity contribution in [3.8, 4) is 5.75 Å². The van der Waals surface area contributed by atoms with Crippen molar-refractivity contribution in [1.82, 2.24) is 9.66 Å². The van der Waals surface area contributed by atoms with Crippen LogP contribution in [0.1, 0.15) is 45.0 Å². The van der Waals surface area contributed by atoms with Gasteiger partial charge in [0.1, 0.15) is 5.82 Å². The van der Waals surface area contributed by atoms with Gasteiger partial charge in [0.15, 0.2) is 5.75 Å². The number of ether oxygens (including phenoxy) is 1. The molecule has 1 heterocycles. The molecule has 0 saturated heterocycles. The number of hydrogen-bond donors (Lipinski definition) is 0. The zero-order valence-corrected chi connectivity index (χ0v) is 20.9. The van der Waals surface area contributed by atoms with E-state index in [2.05, 4.69) is 48.9 Å². The van der Waals surface area contributed by atoms with Gasteiger partial charge in [-0.25, -0.2) is 4.98 Å². The minimum atomic E-state index is -0.206. The predicted molar refractivity (Wildman–Crippen MR) is 130 cm³/mol. The summed E-state index contributed by atoms with van der Waals surface area (Å²) in [5, 5.41) is 5.44. The Morgan fingerprint density at radius 2 is 2.03 bits per heavy atom. The van der Waals surface area contributed by atoms with Crippen molar-refractivity contribution in [1.29, 1.82) is 0 Å². The molecule has 2 aromatic carbocycles. The average molecular weight is 556 g/mol. The predicted octanol–water partition coefficient (Wildman–Crippen LogP) is 6.59. The van der Waals surface area contributed by atoms with Gasteiger partial charge in [0.05, 0.1) is 32.7 Å². The number of benzene rings is 2. The average Bonchev–Trinajstić information content (AvgIpc) is 2.71. The van der Waals surface area contributed by atoms with Crippen LogP contribution >= 0.6 is 43.5 Å². The Morgan fingerprint density at radius 3 is 2.70 bits per heavy atom. The van der Waals surface area contributed by atoms with Crippen LogP contribution in [-0.4, -0.2) is 22.0 Å². The minimum Gasteiger partial charge on any atom is -0.488 e. The van der Waals surface area contributed by atoms with E-state index >= 15 is 0 Å². The SMILES string of the molecule is CCCc1nc2ccc(Br)cc2c(=O)n1N=Cc1cc(Cl)c(O[C@H](C)CC)c(Br)c1. The highest BCUT2D eigenvalue weighted by Crippen LogP contribution is 2.35. The summed E-state index contributed by atoms with van der Waals surface area (Å²) in [7, 11) is 0. The maximum atomic E-state index is 13.1. The molecule has 0 radical (unpaired) electrons. The van der Waals surface area contributed by atoms with E-state index in [0.29, 0.717) is 33.9 Å². The molecule has 158 valence electrons. The molecule has 0 fully saturated rings. The topological polar surface area (TPSA) is 56.5 Å². The fourth-order valence-electron chi connectivity index (χ4n) is 2.87. The van der Waals surface area contributed by atoms with Crippen molar-refractivity contribution in [3.05, 3.63) is 66.0 Å². The van der Waals surface area contributed by atoms with E-state index in [0.717, 1.165) is 27.4 Å². The number of aryl methyl sites for hydroxylation is 1. The maximum absolute atomic E-state index is 13.1. The fourth-order valence-corrected chi connectivity index (χ4v) is 4.19. The van der Waals surface area contributed by atoms with Gasteiger partial charge in [-0.15, -0.1) is 0 Å². The van der Waals surface area contributed by atoms with Gasteiger partial charge < -0.3 is 4.74 Å². The van der Waals surface area contributed by atoms with Crippen LogP contribution in [0.3, 0.4) is 0 Å². The number of fused-ring (bicyclic) bond motifs is 1. The summed E-state index contributed by atoms with van der Waals surface area (Å²) in [4.78, 5) is 17.7. The summed E-state index contributed by atoms with van der Waals surface area (Å²) in [6.45, 7) is 6.08. The lowest BCUT2D eigenvalue weighted by atomic mass is 10.2. The highest BCUT2D eigenvalue weighted by atomic mass is 79.9. The van der Waals surface area contributed by atoms with E-state index in [-0.39, 0.29) is 11.7 Å². The van der Waals surface area contributed by atoms with Crippen molar-refractivity contribution in [2.24, 2.45) is 5.10 Å². The molecule has 0 aliphatic carbocycles. The molecule has 30 heavy (non-hydrogen) atoms. The maximum Gasteiger partial charge on any atom is 0.282 e. The summed E-state index contributed by atoms with van der Waals surface area (Å²) >= 11 is 13.4. The molecule has 0 spiro atoms. The fraction of sp³-hybridized carbons (Fsp3) is 0.318. The van der Waals surface area contributed by atoms with E-state index in [9.17, 15) is 4.79 Å². The van der Waals surface area contributed by atoms with E-state index < -0.39 is 0 Å². The van der Waals surface area contributed by atoms with Gasteiger partial charge >= 0.3 is 0 Å². The Hall–Kier alpha value is -1.70. The Balaban J connectivity index is 2.04.